The van der Waals surface area contributed by atoms with E-state index in [0.29, 0.717) is 0 Å². The molecule has 1 aromatic heterocycles. The van der Waals surface area contributed by atoms with Gasteiger partial charge in [-0.25, -0.2) is 4.39 Å². The van der Waals surface area contributed by atoms with E-state index >= 15 is 0 Å². The molecule has 1 aromatic carbocycles. The number of nitrogens with one attached hydrogen (secondary N) is 1. The van der Waals surface area contributed by atoms with Crippen LogP contribution in [0.5, 0.6) is 5.75 Å². The molecule has 0 saturated carbocycles. The Labute approximate surface area is 118 Å². The van der Waals surface area contributed by atoms with Crippen molar-refractivity contribution < 1.29 is 9.13 Å². The number of ether oxygens (including phenoxy) is 1. The SMILES string of the molecule is CCNC(Cc1cnn(C)c1)c1ccc(F)c(OC)c1. The van der Waals surface area contributed by atoms with Gasteiger partial charge in [-0.05, 0) is 36.2 Å². The van der Waals surface area contributed by atoms with Crippen molar-refractivity contribution in [1.82, 2.24) is 15.1 Å². The van der Waals surface area contributed by atoms with Gasteiger partial charge in [0.1, 0.15) is 0 Å². The maximum Gasteiger partial charge on any atom is 0.165 e. The molecule has 0 aliphatic carbocycles. The molecule has 0 amide bonds. The van der Waals surface area contributed by atoms with Crippen LogP contribution in [-0.2, 0) is 13.5 Å². The van der Waals surface area contributed by atoms with Crippen LogP contribution in [0, 0.1) is 5.82 Å². The van der Waals surface area contributed by atoms with Gasteiger partial charge >= 0.3 is 0 Å². The highest BCUT2D eigenvalue weighted by atomic mass is 19.1. The first-order chi connectivity index (χ1) is 9.63. The molecule has 2 rings (SSSR count). The van der Waals surface area contributed by atoms with Crippen LogP contribution in [0.15, 0.2) is 30.6 Å². The second kappa shape index (κ2) is 6.52. The van der Waals surface area contributed by atoms with Gasteiger partial charge in [-0.15, -0.1) is 0 Å². The van der Waals surface area contributed by atoms with E-state index in [1.54, 1.807) is 16.8 Å². The van der Waals surface area contributed by atoms with Crippen LogP contribution in [0.1, 0.15) is 24.1 Å². The van der Waals surface area contributed by atoms with E-state index in [4.69, 9.17) is 4.74 Å². The molecule has 0 fully saturated rings. The van der Waals surface area contributed by atoms with Crippen molar-refractivity contribution in [1.29, 1.82) is 0 Å². The maximum atomic E-state index is 13.5. The molecule has 20 heavy (non-hydrogen) atoms. The molecular formula is C15H20FN3O. The highest BCUT2D eigenvalue weighted by Crippen LogP contribution is 2.24. The van der Waals surface area contributed by atoms with Gasteiger partial charge in [0, 0.05) is 19.3 Å². The Morgan fingerprint density at radius 2 is 2.25 bits per heavy atom. The van der Waals surface area contributed by atoms with Crippen molar-refractivity contribution in [3.63, 3.8) is 0 Å². The largest absolute Gasteiger partial charge is 0.494 e. The van der Waals surface area contributed by atoms with E-state index in [0.717, 1.165) is 24.1 Å². The van der Waals surface area contributed by atoms with Gasteiger partial charge in [-0.1, -0.05) is 13.0 Å². The Bertz CT molecular complexity index is 568. The van der Waals surface area contributed by atoms with E-state index in [9.17, 15) is 4.39 Å². The van der Waals surface area contributed by atoms with Gasteiger partial charge in [-0.2, -0.15) is 5.10 Å². The zero-order chi connectivity index (χ0) is 14.5. The van der Waals surface area contributed by atoms with Crippen molar-refractivity contribution in [3.8, 4) is 5.75 Å². The van der Waals surface area contributed by atoms with E-state index in [1.165, 1.54) is 13.2 Å². The molecule has 1 N–H and O–H groups in total. The summed E-state index contributed by atoms with van der Waals surface area (Å²) in [5.74, 6) is -0.0653. The molecule has 1 heterocycles. The molecule has 4 nitrogen and oxygen atoms in total. The van der Waals surface area contributed by atoms with Gasteiger partial charge in [0.05, 0.1) is 13.3 Å². The molecule has 108 valence electrons. The molecule has 0 aliphatic heterocycles. The van der Waals surface area contributed by atoms with Crippen LogP contribution in [0.4, 0.5) is 4.39 Å². The Hall–Kier alpha value is -1.88. The van der Waals surface area contributed by atoms with Crippen LogP contribution in [0.3, 0.4) is 0 Å². The molecule has 2 aromatic rings. The number of hydrogen-bond donors (Lipinski definition) is 1. The lowest BCUT2D eigenvalue weighted by Crippen LogP contribution is -2.23. The predicted molar refractivity (Wildman–Crippen MR) is 76.3 cm³/mol. The zero-order valence-electron chi connectivity index (χ0n) is 12.1. The summed E-state index contributed by atoms with van der Waals surface area (Å²) in [5.41, 5.74) is 2.15. The second-order valence-corrected chi connectivity index (χ2v) is 4.73. The third-order valence-corrected chi connectivity index (χ3v) is 3.23. The average molecular weight is 277 g/mol. The van der Waals surface area contributed by atoms with Crippen LogP contribution in [0.2, 0.25) is 0 Å². The van der Waals surface area contributed by atoms with E-state index in [1.807, 2.05) is 19.4 Å². The van der Waals surface area contributed by atoms with Crippen molar-refractivity contribution in [3.05, 3.63) is 47.5 Å². The second-order valence-electron chi connectivity index (χ2n) is 4.73. The average Bonchev–Trinajstić information content (AvgIpc) is 2.84. The quantitative estimate of drug-likeness (QED) is 0.881. The molecule has 1 unspecified atom stereocenters. The number of aryl methyl sites for hydroxylation is 1. The van der Waals surface area contributed by atoms with Crippen LogP contribution in [0.25, 0.3) is 0 Å². The molecule has 5 heteroatoms. The number of likely N-dealkylation sites (N-methyl/N-ethyl adjacent to an activating group) is 1. The molecule has 0 radical (unpaired) electrons. The van der Waals surface area contributed by atoms with Gasteiger partial charge in [0.15, 0.2) is 11.6 Å². The first-order valence-corrected chi connectivity index (χ1v) is 6.68. The lowest BCUT2D eigenvalue weighted by molar-refractivity contribution is 0.384. The van der Waals surface area contributed by atoms with Gasteiger partial charge in [-0.3, -0.25) is 4.68 Å². The minimum Gasteiger partial charge on any atom is -0.494 e. The summed E-state index contributed by atoms with van der Waals surface area (Å²) in [7, 11) is 3.37. The van der Waals surface area contributed by atoms with Crippen molar-refractivity contribution >= 4 is 0 Å². The van der Waals surface area contributed by atoms with E-state index < -0.39 is 0 Å². The van der Waals surface area contributed by atoms with Crippen molar-refractivity contribution in [2.45, 2.75) is 19.4 Å². The third-order valence-electron chi connectivity index (χ3n) is 3.23. The first kappa shape index (κ1) is 14.5. The van der Waals surface area contributed by atoms with Crippen LogP contribution >= 0.6 is 0 Å². The minimum absolute atomic E-state index is 0.110. The topological polar surface area (TPSA) is 39.1 Å². The number of nitrogens with zero attached hydrogens (tertiary/aromatic N) is 2. The minimum atomic E-state index is -0.340. The van der Waals surface area contributed by atoms with Crippen LogP contribution in [-0.4, -0.2) is 23.4 Å². The molecule has 0 aliphatic rings. The fraction of sp³-hybridized carbons (Fsp3) is 0.400. The van der Waals surface area contributed by atoms with Gasteiger partial charge in [0.2, 0.25) is 0 Å². The Morgan fingerprint density at radius 1 is 1.45 bits per heavy atom. The van der Waals surface area contributed by atoms with Crippen molar-refractivity contribution in [2.75, 3.05) is 13.7 Å². The molecular weight excluding hydrogens is 257 g/mol. The number of aromatic nitrogens is 2. The van der Waals surface area contributed by atoms with E-state index in [-0.39, 0.29) is 17.6 Å². The number of benzene rings is 1. The third kappa shape index (κ3) is 3.36. The smallest absolute Gasteiger partial charge is 0.165 e. The standard InChI is InChI=1S/C15H20FN3O/c1-4-17-14(7-11-9-18-19(2)10-11)12-5-6-13(16)15(8-12)20-3/h5-6,8-10,14,17H,4,7H2,1-3H3. The van der Waals surface area contributed by atoms with Crippen molar-refractivity contribution in [2.24, 2.45) is 7.05 Å². The predicted octanol–water partition coefficient (Wildman–Crippen LogP) is 2.46. The molecule has 1 atom stereocenters. The summed E-state index contributed by atoms with van der Waals surface area (Å²) < 4.78 is 20.3. The molecule has 0 bridgehead atoms. The number of methoxy groups -OCH3 is 1. The number of hydrogen-bond acceptors (Lipinski definition) is 3. The summed E-state index contributed by atoms with van der Waals surface area (Å²) in [6, 6.07) is 5.10. The zero-order valence-corrected chi connectivity index (χ0v) is 12.1. The monoisotopic (exact) mass is 277 g/mol. The Morgan fingerprint density at radius 3 is 2.85 bits per heavy atom. The number of halogens is 1. The summed E-state index contributed by atoms with van der Waals surface area (Å²) in [6.45, 7) is 2.89. The fourth-order valence-electron chi connectivity index (χ4n) is 2.26. The molecule has 0 saturated heterocycles. The lowest BCUT2D eigenvalue weighted by Gasteiger charge is -2.18. The summed E-state index contributed by atoms with van der Waals surface area (Å²) in [5, 5.41) is 7.59. The maximum absolute atomic E-state index is 13.5. The lowest BCUT2D eigenvalue weighted by atomic mass is 10.0. The number of rotatable bonds is 6. The summed E-state index contributed by atoms with van der Waals surface area (Å²) in [4.78, 5) is 0. The molecule has 0 spiro atoms. The summed E-state index contributed by atoms with van der Waals surface area (Å²) >= 11 is 0. The Balaban J connectivity index is 2.23. The normalized spacial score (nSPS) is 12.4. The van der Waals surface area contributed by atoms with Crippen LogP contribution < -0.4 is 10.1 Å². The van der Waals surface area contributed by atoms with E-state index in [2.05, 4.69) is 17.3 Å². The van der Waals surface area contributed by atoms with Gasteiger partial charge < -0.3 is 10.1 Å². The highest BCUT2D eigenvalue weighted by Gasteiger charge is 2.14. The summed E-state index contributed by atoms with van der Waals surface area (Å²) in [6.07, 6.45) is 4.65. The van der Waals surface area contributed by atoms with Gasteiger partial charge in [0.25, 0.3) is 0 Å². The fourth-order valence-corrected chi connectivity index (χ4v) is 2.26. The first-order valence-electron chi connectivity index (χ1n) is 6.68. The highest BCUT2D eigenvalue weighted by molar-refractivity contribution is 5.33. The Kier molecular flexibility index (Phi) is 4.74.